The van der Waals surface area contributed by atoms with Crippen molar-refractivity contribution < 1.29 is 38.1 Å². The third-order valence-corrected chi connectivity index (χ3v) is 4.80. The van der Waals surface area contributed by atoms with Crippen LogP contribution in [0.15, 0.2) is 18.2 Å². The summed E-state index contributed by atoms with van der Waals surface area (Å²) < 4.78 is 23.2. The Hall–Kier alpha value is -4.08. The Bertz CT molecular complexity index is 1170. The molecule has 2 N–H and O–H groups in total. The highest BCUT2D eigenvalue weighted by Gasteiger charge is 2.40. The molecule has 0 aromatic heterocycles. The second kappa shape index (κ2) is 8.22. The van der Waals surface area contributed by atoms with Crippen LogP contribution >= 0.6 is 0 Å². The molecule has 0 fully saturated rings. The highest BCUT2D eigenvalue weighted by atomic mass is 16.6. The van der Waals surface area contributed by atoms with E-state index in [2.05, 4.69) is 10.6 Å². The maximum absolute atomic E-state index is 12.6. The van der Waals surface area contributed by atoms with Crippen molar-refractivity contribution in [3.63, 3.8) is 0 Å². The van der Waals surface area contributed by atoms with Crippen LogP contribution in [-0.2, 0) is 0 Å². The Labute approximate surface area is 182 Å². The molecule has 0 atom stereocenters. The smallest absolute Gasteiger partial charge is 0.263 e. The van der Waals surface area contributed by atoms with E-state index in [1.807, 2.05) is 0 Å². The lowest BCUT2D eigenvalue weighted by Crippen LogP contribution is -2.20. The summed E-state index contributed by atoms with van der Waals surface area (Å²) in [6.07, 6.45) is 0. The van der Waals surface area contributed by atoms with Crippen molar-refractivity contribution in [2.45, 2.75) is 20.8 Å². The van der Waals surface area contributed by atoms with E-state index in [9.17, 15) is 19.2 Å². The zero-order chi connectivity index (χ0) is 23.0. The van der Waals surface area contributed by atoms with E-state index in [-0.39, 0.29) is 70.8 Å². The molecule has 4 rings (SSSR count). The minimum absolute atomic E-state index is 0.00929. The minimum Gasteiger partial charge on any atom is -0.489 e. The van der Waals surface area contributed by atoms with Crippen LogP contribution in [-0.4, -0.2) is 43.4 Å². The fraction of sp³-hybridized carbons (Fsp3) is 0.273. The summed E-state index contributed by atoms with van der Waals surface area (Å²) in [6.45, 7) is 5.76. The van der Waals surface area contributed by atoms with Gasteiger partial charge in [0.15, 0.2) is 11.5 Å². The average molecular weight is 440 g/mol. The summed E-state index contributed by atoms with van der Waals surface area (Å²) in [4.78, 5) is 49.0. The number of benzene rings is 2. The van der Waals surface area contributed by atoms with Crippen LogP contribution in [0.25, 0.3) is 0 Å². The molecule has 0 unspecified atom stereocenters. The monoisotopic (exact) mass is 440 g/mol. The van der Waals surface area contributed by atoms with Crippen LogP contribution in [0.2, 0.25) is 0 Å². The van der Waals surface area contributed by atoms with Crippen molar-refractivity contribution in [1.82, 2.24) is 10.6 Å². The highest BCUT2D eigenvalue weighted by molar-refractivity contribution is 6.25. The van der Waals surface area contributed by atoms with E-state index in [1.54, 1.807) is 20.8 Å². The van der Waals surface area contributed by atoms with Gasteiger partial charge in [0, 0.05) is 0 Å². The van der Waals surface area contributed by atoms with E-state index in [0.29, 0.717) is 0 Å². The lowest BCUT2D eigenvalue weighted by atomic mass is 10.0. The second-order valence-electron chi connectivity index (χ2n) is 6.74. The van der Waals surface area contributed by atoms with Gasteiger partial charge < -0.3 is 18.9 Å². The van der Waals surface area contributed by atoms with Crippen molar-refractivity contribution in [3.8, 4) is 28.7 Å². The average Bonchev–Trinajstić information content (AvgIpc) is 3.21. The quantitative estimate of drug-likeness (QED) is 0.599. The first-order chi connectivity index (χ1) is 15.4. The van der Waals surface area contributed by atoms with Crippen molar-refractivity contribution in [1.29, 1.82) is 0 Å². The number of fused-ring (bicyclic) bond motifs is 2. The third kappa shape index (κ3) is 3.29. The summed E-state index contributed by atoms with van der Waals surface area (Å²) in [5, 5.41) is 4.46. The summed E-state index contributed by atoms with van der Waals surface area (Å²) in [7, 11) is 0. The molecule has 10 nitrogen and oxygen atoms in total. The standard InChI is InChI=1S/C22H20N2O8/c1-4-29-15-13-14(22(28)24-21(13)27)16(30-5-2)18(17(15)31-6-3)32-10-7-8-11-12(9-10)20(26)23-19(11)25/h7-9H,4-6H2,1-3H3,(H,23,25,26)(H,24,27,28). The first-order valence-electron chi connectivity index (χ1n) is 10.1. The van der Waals surface area contributed by atoms with E-state index < -0.39 is 23.6 Å². The van der Waals surface area contributed by atoms with E-state index in [1.165, 1.54) is 18.2 Å². The first kappa shape index (κ1) is 21.2. The largest absolute Gasteiger partial charge is 0.489 e. The lowest BCUT2D eigenvalue weighted by molar-refractivity contribution is 0.0862. The first-order valence-corrected chi connectivity index (χ1v) is 10.1. The number of hydrogen-bond donors (Lipinski definition) is 2. The Balaban J connectivity index is 1.94. The van der Waals surface area contributed by atoms with Crippen molar-refractivity contribution in [2.75, 3.05) is 19.8 Å². The number of carbonyl (C=O) groups excluding carboxylic acids is 4. The predicted molar refractivity (Wildman–Crippen MR) is 110 cm³/mol. The maximum atomic E-state index is 12.6. The van der Waals surface area contributed by atoms with Gasteiger partial charge in [-0.05, 0) is 39.0 Å². The van der Waals surface area contributed by atoms with Gasteiger partial charge in [0.2, 0.25) is 11.5 Å². The molecule has 2 aliphatic heterocycles. The number of imide groups is 2. The van der Waals surface area contributed by atoms with Gasteiger partial charge in [-0.2, -0.15) is 0 Å². The highest BCUT2D eigenvalue weighted by Crippen LogP contribution is 2.52. The molecule has 32 heavy (non-hydrogen) atoms. The normalized spacial score (nSPS) is 14.0. The molecule has 2 aromatic rings. The molecule has 0 spiro atoms. The fourth-order valence-corrected chi connectivity index (χ4v) is 3.58. The fourth-order valence-electron chi connectivity index (χ4n) is 3.58. The zero-order valence-electron chi connectivity index (χ0n) is 17.6. The summed E-state index contributed by atoms with van der Waals surface area (Å²) in [5.74, 6) is -1.95. The molecule has 4 amide bonds. The summed E-state index contributed by atoms with van der Waals surface area (Å²) in [6, 6.07) is 4.36. The van der Waals surface area contributed by atoms with Gasteiger partial charge >= 0.3 is 0 Å². The van der Waals surface area contributed by atoms with Gasteiger partial charge in [0.1, 0.15) is 16.9 Å². The van der Waals surface area contributed by atoms with Crippen LogP contribution in [0.4, 0.5) is 0 Å². The molecule has 2 aliphatic rings. The number of rotatable bonds is 8. The second-order valence-corrected chi connectivity index (χ2v) is 6.74. The Morgan fingerprint density at radius 1 is 0.625 bits per heavy atom. The summed E-state index contributed by atoms with van der Waals surface area (Å²) in [5.41, 5.74) is 0.372. The zero-order valence-corrected chi connectivity index (χ0v) is 17.6. The minimum atomic E-state index is -0.652. The third-order valence-electron chi connectivity index (χ3n) is 4.80. The molecule has 2 heterocycles. The molecule has 0 aliphatic carbocycles. The van der Waals surface area contributed by atoms with Crippen molar-refractivity contribution in [2.24, 2.45) is 0 Å². The molecule has 2 aromatic carbocycles. The van der Waals surface area contributed by atoms with Gasteiger partial charge in [-0.15, -0.1) is 0 Å². The van der Waals surface area contributed by atoms with E-state index >= 15 is 0 Å². The van der Waals surface area contributed by atoms with Crippen LogP contribution in [0.1, 0.15) is 62.2 Å². The Kier molecular flexibility index (Phi) is 5.43. The number of nitrogens with one attached hydrogen (secondary N) is 2. The molecule has 0 radical (unpaired) electrons. The SMILES string of the molecule is CCOc1c(Oc2ccc3c(c2)C(=O)NC3=O)c(OCC)c2c(c1OCC)C(=O)NC2=O. The number of amides is 4. The van der Waals surface area contributed by atoms with Crippen molar-refractivity contribution >= 4 is 23.6 Å². The Morgan fingerprint density at radius 2 is 1.12 bits per heavy atom. The number of carbonyl (C=O) groups is 4. The van der Waals surface area contributed by atoms with Gasteiger partial charge in [-0.25, -0.2) is 0 Å². The number of ether oxygens (including phenoxy) is 4. The van der Waals surface area contributed by atoms with Gasteiger partial charge in [0.05, 0.1) is 30.9 Å². The molecule has 10 heteroatoms. The van der Waals surface area contributed by atoms with E-state index in [0.717, 1.165) is 0 Å². The molecule has 0 bridgehead atoms. The Morgan fingerprint density at radius 3 is 1.72 bits per heavy atom. The maximum Gasteiger partial charge on any atom is 0.263 e. The molecule has 0 saturated carbocycles. The van der Waals surface area contributed by atoms with Gasteiger partial charge in [-0.3, -0.25) is 29.8 Å². The predicted octanol–water partition coefficient (Wildman–Crippen LogP) is 2.44. The van der Waals surface area contributed by atoms with Crippen LogP contribution in [0.5, 0.6) is 28.7 Å². The molecule has 0 saturated heterocycles. The lowest BCUT2D eigenvalue weighted by Gasteiger charge is -2.21. The van der Waals surface area contributed by atoms with E-state index in [4.69, 9.17) is 18.9 Å². The molecule has 166 valence electrons. The van der Waals surface area contributed by atoms with Crippen LogP contribution < -0.4 is 29.6 Å². The van der Waals surface area contributed by atoms with Crippen molar-refractivity contribution in [3.05, 3.63) is 40.5 Å². The van der Waals surface area contributed by atoms with Gasteiger partial charge in [0.25, 0.3) is 23.6 Å². The van der Waals surface area contributed by atoms with Crippen LogP contribution in [0.3, 0.4) is 0 Å². The van der Waals surface area contributed by atoms with Gasteiger partial charge in [-0.1, -0.05) is 0 Å². The number of hydrogen-bond acceptors (Lipinski definition) is 8. The molecular formula is C22H20N2O8. The molecular weight excluding hydrogens is 420 g/mol. The summed E-state index contributed by atoms with van der Waals surface area (Å²) >= 11 is 0. The topological polar surface area (TPSA) is 129 Å². The van der Waals surface area contributed by atoms with Crippen LogP contribution in [0, 0.1) is 0 Å².